The fourth-order valence-electron chi connectivity index (χ4n) is 9.99. The summed E-state index contributed by atoms with van der Waals surface area (Å²) in [6.07, 6.45) is 6.28. The number of nitrogens with zero attached hydrogens (tertiary/aromatic N) is 1. The lowest BCUT2D eigenvalue weighted by Gasteiger charge is -2.37. The topological polar surface area (TPSA) is 3.24 Å². The Kier molecular flexibility index (Phi) is 8.00. The highest BCUT2D eigenvalue weighted by molar-refractivity contribution is 7.25. The summed E-state index contributed by atoms with van der Waals surface area (Å²) in [5.74, 6) is 0. The Bertz CT molecular complexity index is 2910. The van der Waals surface area contributed by atoms with Gasteiger partial charge in [0.15, 0.2) is 0 Å². The first kappa shape index (κ1) is 33.1. The van der Waals surface area contributed by atoms with Gasteiger partial charge in [-0.2, -0.15) is 0 Å². The molecule has 1 nitrogen and oxygen atoms in total. The minimum Gasteiger partial charge on any atom is -0.310 e. The van der Waals surface area contributed by atoms with E-state index in [-0.39, 0.29) is 5.41 Å². The number of para-hydroxylation sites is 1. The molecule has 1 spiro atoms. The van der Waals surface area contributed by atoms with Gasteiger partial charge in [0.25, 0.3) is 0 Å². The summed E-state index contributed by atoms with van der Waals surface area (Å²) >= 11 is 1.89. The standard InChI is InChI=1S/C54H41NS/c1-3-17-37(18-4-1)40-19-5-6-20-41(40)42-21-7-8-22-43(42)46-24-10-13-27-51(46)55(39-30-32-48-47-25-11-14-28-52(47)56-53(48)36-39)38-29-31-45-44-23-9-12-26-49(44)54(50(45)35-38)33-15-2-16-34-54/h1,3-14,17-32,35-36H,2,15-16,33-34H2. The Labute approximate surface area is 333 Å². The van der Waals surface area contributed by atoms with Gasteiger partial charge in [0.2, 0.25) is 0 Å². The third-order valence-electron chi connectivity index (χ3n) is 12.5. The van der Waals surface area contributed by atoms with Crippen molar-refractivity contribution in [2.75, 3.05) is 4.90 Å². The van der Waals surface area contributed by atoms with Gasteiger partial charge in [-0.25, -0.2) is 0 Å². The van der Waals surface area contributed by atoms with Crippen LogP contribution in [-0.4, -0.2) is 0 Å². The summed E-state index contributed by atoms with van der Waals surface area (Å²) in [4.78, 5) is 2.54. The van der Waals surface area contributed by atoms with Crippen LogP contribution < -0.4 is 4.90 Å². The molecule has 1 fully saturated rings. The van der Waals surface area contributed by atoms with Crippen molar-refractivity contribution in [1.29, 1.82) is 0 Å². The Balaban J connectivity index is 1.14. The molecule has 1 saturated carbocycles. The second-order valence-corrected chi connectivity index (χ2v) is 16.6. The maximum absolute atomic E-state index is 2.56. The molecular weight excluding hydrogens is 695 g/mol. The summed E-state index contributed by atoms with van der Waals surface area (Å²) in [7, 11) is 0. The fraction of sp³-hybridized carbons (Fsp3) is 0.111. The molecule has 0 atom stereocenters. The SMILES string of the molecule is c1ccc(-c2ccccc2-c2ccccc2-c2ccccc2N(c2ccc3c(c2)C2(CCCCC2)c2ccccc2-3)c2ccc3c(c2)sc2ccccc23)cc1. The van der Waals surface area contributed by atoms with E-state index >= 15 is 0 Å². The number of rotatable bonds is 6. The quantitative estimate of drug-likeness (QED) is 0.164. The zero-order valence-electron chi connectivity index (χ0n) is 31.3. The molecule has 1 heterocycles. The number of fused-ring (bicyclic) bond motifs is 8. The van der Waals surface area contributed by atoms with E-state index in [4.69, 9.17) is 0 Å². The van der Waals surface area contributed by atoms with Crippen LogP contribution in [0.4, 0.5) is 17.1 Å². The Hall–Kier alpha value is -6.22. The molecule has 0 saturated heterocycles. The van der Waals surface area contributed by atoms with E-state index < -0.39 is 0 Å². The first-order valence-corrected chi connectivity index (χ1v) is 20.9. The molecule has 0 N–H and O–H groups in total. The van der Waals surface area contributed by atoms with Crippen LogP contribution in [0.2, 0.25) is 0 Å². The van der Waals surface area contributed by atoms with E-state index in [1.807, 2.05) is 11.3 Å². The van der Waals surface area contributed by atoms with Gasteiger partial charge >= 0.3 is 0 Å². The molecule has 0 radical (unpaired) electrons. The van der Waals surface area contributed by atoms with Crippen LogP contribution in [0.1, 0.15) is 43.2 Å². The zero-order chi connectivity index (χ0) is 37.1. The largest absolute Gasteiger partial charge is 0.310 e. The predicted molar refractivity (Wildman–Crippen MR) is 240 cm³/mol. The number of hydrogen-bond acceptors (Lipinski definition) is 2. The Morgan fingerprint density at radius 1 is 0.375 bits per heavy atom. The van der Waals surface area contributed by atoms with Crippen molar-refractivity contribution in [3.05, 3.63) is 199 Å². The van der Waals surface area contributed by atoms with E-state index in [1.54, 1.807) is 0 Å². The minimum atomic E-state index is 0.0640. The lowest BCUT2D eigenvalue weighted by molar-refractivity contribution is 0.353. The van der Waals surface area contributed by atoms with Crippen LogP contribution >= 0.6 is 11.3 Å². The van der Waals surface area contributed by atoms with Crippen LogP contribution in [-0.2, 0) is 5.41 Å². The van der Waals surface area contributed by atoms with Crippen LogP contribution in [0.3, 0.4) is 0 Å². The number of anilines is 3. The first-order chi connectivity index (χ1) is 27.8. The van der Waals surface area contributed by atoms with Crippen molar-refractivity contribution >= 4 is 48.6 Å². The summed E-state index contributed by atoms with van der Waals surface area (Å²) in [5.41, 5.74) is 16.8. The molecule has 0 aliphatic heterocycles. The van der Waals surface area contributed by atoms with Gasteiger partial charge in [-0.05, 0) is 99.3 Å². The minimum absolute atomic E-state index is 0.0640. The van der Waals surface area contributed by atoms with Crippen molar-refractivity contribution in [2.24, 2.45) is 0 Å². The van der Waals surface area contributed by atoms with Crippen molar-refractivity contribution < 1.29 is 0 Å². The Morgan fingerprint density at radius 3 is 1.73 bits per heavy atom. The molecule has 268 valence electrons. The molecule has 8 aromatic carbocycles. The van der Waals surface area contributed by atoms with Gasteiger partial charge < -0.3 is 4.90 Å². The van der Waals surface area contributed by atoms with Crippen molar-refractivity contribution in [3.8, 4) is 44.5 Å². The highest BCUT2D eigenvalue weighted by atomic mass is 32.1. The van der Waals surface area contributed by atoms with Gasteiger partial charge in [0.05, 0.1) is 5.69 Å². The lowest BCUT2D eigenvalue weighted by atomic mass is 9.68. The molecule has 2 heteroatoms. The molecule has 2 aliphatic rings. The monoisotopic (exact) mass is 735 g/mol. The third kappa shape index (κ3) is 5.28. The van der Waals surface area contributed by atoms with Gasteiger partial charge in [0.1, 0.15) is 0 Å². The highest BCUT2D eigenvalue weighted by Crippen LogP contribution is 2.57. The van der Waals surface area contributed by atoms with Gasteiger partial charge in [-0.3, -0.25) is 0 Å². The summed E-state index contributed by atoms with van der Waals surface area (Å²) in [6, 6.07) is 70.1. The van der Waals surface area contributed by atoms with Gasteiger partial charge in [0, 0.05) is 42.5 Å². The average molecular weight is 736 g/mol. The number of benzene rings is 8. The predicted octanol–water partition coefficient (Wildman–Crippen LogP) is 15.8. The highest BCUT2D eigenvalue weighted by Gasteiger charge is 2.44. The molecule has 9 aromatic rings. The number of hydrogen-bond donors (Lipinski definition) is 0. The van der Waals surface area contributed by atoms with Crippen LogP contribution in [0.15, 0.2) is 188 Å². The van der Waals surface area contributed by atoms with Gasteiger partial charge in [-0.15, -0.1) is 11.3 Å². The van der Waals surface area contributed by atoms with E-state index in [0.29, 0.717) is 0 Å². The third-order valence-corrected chi connectivity index (χ3v) is 13.6. The fourth-order valence-corrected chi connectivity index (χ4v) is 11.1. The first-order valence-electron chi connectivity index (χ1n) is 20.1. The van der Waals surface area contributed by atoms with E-state index in [0.717, 1.165) is 0 Å². The van der Waals surface area contributed by atoms with E-state index in [9.17, 15) is 0 Å². The van der Waals surface area contributed by atoms with Crippen molar-refractivity contribution in [3.63, 3.8) is 0 Å². The molecule has 56 heavy (non-hydrogen) atoms. The average Bonchev–Trinajstić information content (AvgIpc) is 3.77. The zero-order valence-corrected chi connectivity index (χ0v) is 32.1. The Morgan fingerprint density at radius 2 is 0.929 bits per heavy atom. The van der Waals surface area contributed by atoms with Crippen molar-refractivity contribution in [1.82, 2.24) is 0 Å². The number of thiophene rings is 1. The molecule has 2 aliphatic carbocycles. The maximum Gasteiger partial charge on any atom is 0.0540 e. The van der Waals surface area contributed by atoms with E-state index in [2.05, 4.69) is 193 Å². The molecule has 1 aromatic heterocycles. The van der Waals surface area contributed by atoms with Gasteiger partial charge in [-0.1, -0.05) is 171 Å². The molecule has 0 unspecified atom stereocenters. The van der Waals surface area contributed by atoms with Crippen molar-refractivity contribution in [2.45, 2.75) is 37.5 Å². The van der Waals surface area contributed by atoms with Crippen LogP contribution in [0.5, 0.6) is 0 Å². The second kappa shape index (κ2) is 13.5. The molecule has 11 rings (SSSR count). The lowest BCUT2D eigenvalue weighted by Crippen LogP contribution is -2.28. The van der Waals surface area contributed by atoms with E-state index in [1.165, 1.54) is 125 Å². The maximum atomic E-state index is 2.56. The molecular formula is C54H41NS. The molecule has 0 bridgehead atoms. The summed E-state index contributed by atoms with van der Waals surface area (Å²) in [6.45, 7) is 0. The van der Waals surface area contributed by atoms with Crippen LogP contribution in [0.25, 0.3) is 64.7 Å². The summed E-state index contributed by atoms with van der Waals surface area (Å²) in [5, 5.41) is 2.64. The summed E-state index contributed by atoms with van der Waals surface area (Å²) < 4.78 is 2.63. The normalized spacial score (nSPS) is 14.2. The van der Waals surface area contributed by atoms with Crippen LogP contribution in [0, 0.1) is 0 Å². The molecule has 0 amide bonds. The second-order valence-electron chi connectivity index (χ2n) is 15.5. The smallest absolute Gasteiger partial charge is 0.0540 e.